The van der Waals surface area contributed by atoms with Crippen LogP contribution in [0.4, 0.5) is 0 Å². The third-order valence-corrected chi connectivity index (χ3v) is 4.27. The standard InChI is InChI=1S/C16H20N2O8S/c1-8(19)23-7-11-13(24-9(2)20)14(25-10(3)21)15(26-11)18-6-5-12(22)17-16(18)27-4/h5-6,11,13-15H,7H2,1-4H3/t11-,13-,14-,15-/m1/s1. The molecule has 0 N–H and O–H groups in total. The average Bonchev–Trinajstić information content (AvgIpc) is 2.89. The van der Waals surface area contributed by atoms with Gasteiger partial charge in [0.25, 0.3) is 5.56 Å². The van der Waals surface area contributed by atoms with Crippen molar-refractivity contribution in [1.82, 2.24) is 9.55 Å². The highest BCUT2D eigenvalue weighted by molar-refractivity contribution is 7.98. The van der Waals surface area contributed by atoms with Gasteiger partial charge in [-0.2, -0.15) is 4.98 Å². The molecule has 0 aromatic carbocycles. The number of esters is 3. The van der Waals surface area contributed by atoms with Crippen LogP contribution in [-0.4, -0.2) is 58.6 Å². The Kier molecular flexibility index (Phi) is 6.97. The summed E-state index contributed by atoms with van der Waals surface area (Å²) in [4.78, 5) is 49.7. The number of hydrogen-bond donors (Lipinski definition) is 0. The van der Waals surface area contributed by atoms with E-state index in [1.54, 1.807) is 6.26 Å². The fourth-order valence-electron chi connectivity index (χ4n) is 2.66. The predicted octanol–water partition coefficient (Wildman–Crippen LogP) is 0.289. The fourth-order valence-corrected chi connectivity index (χ4v) is 3.22. The maximum absolute atomic E-state index is 11.6. The summed E-state index contributed by atoms with van der Waals surface area (Å²) < 4.78 is 23.0. The maximum atomic E-state index is 11.6. The largest absolute Gasteiger partial charge is 0.463 e. The van der Waals surface area contributed by atoms with Crippen molar-refractivity contribution in [2.24, 2.45) is 0 Å². The van der Waals surface area contributed by atoms with Gasteiger partial charge in [0, 0.05) is 33.0 Å². The first-order valence-corrected chi connectivity index (χ1v) is 9.21. The minimum Gasteiger partial charge on any atom is -0.463 e. The van der Waals surface area contributed by atoms with Crippen LogP contribution in [0.15, 0.2) is 22.2 Å². The van der Waals surface area contributed by atoms with Crippen LogP contribution < -0.4 is 5.56 Å². The molecule has 1 aliphatic heterocycles. The molecule has 0 spiro atoms. The van der Waals surface area contributed by atoms with E-state index in [1.165, 1.54) is 49.4 Å². The van der Waals surface area contributed by atoms with Crippen molar-refractivity contribution in [2.75, 3.05) is 12.9 Å². The molecule has 1 aromatic heterocycles. The highest BCUT2D eigenvalue weighted by Gasteiger charge is 2.50. The van der Waals surface area contributed by atoms with Crippen LogP contribution in [0, 0.1) is 0 Å². The van der Waals surface area contributed by atoms with Gasteiger partial charge in [0.2, 0.25) is 0 Å². The first kappa shape index (κ1) is 20.9. The van der Waals surface area contributed by atoms with Gasteiger partial charge in [-0.05, 0) is 6.26 Å². The molecule has 0 bridgehead atoms. The molecule has 1 saturated heterocycles. The number of thioether (sulfide) groups is 1. The average molecular weight is 400 g/mol. The van der Waals surface area contributed by atoms with Crippen LogP contribution in [-0.2, 0) is 33.3 Å². The van der Waals surface area contributed by atoms with Gasteiger partial charge in [-0.15, -0.1) is 0 Å². The molecule has 0 unspecified atom stereocenters. The smallest absolute Gasteiger partial charge is 0.303 e. The molecule has 1 aliphatic rings. The van der Waals surface area contributed by atoms with Crippen LogP contribution >= 0.6 is 11.8 Å². The maximum Gasteiger partial charge on any atom is 0.303 e. The fraction of sp³-hybridized carbons (Fsp3) is 0.562. The summed E-state index contributed by atoms with van der Waals surface area (Å²) in [6, 6.07) is 1.23. The minimum absolute atomic E-state index is 0.205. The summed E-state index contributed by atoms with van der Waals surface area (Å²) in [5, 5.41) is 0.319. The molecule has 4 atom stereocenters. The monoisotopic (exact) mass is 400 g/mol. The lowest BCUT2D eigenvalue weighted by Crippen LogP contribution is -2.40. The molecule has 11 heteroatoms. The Morgan fingerprint density at radius 1 is 1.15 bits per heavy atom. The highest BCUT2D eigenvalue weighted by atomic mass is 32.2. The number of carbonyl (C=O) groups is 3. The third-order valence-electron chi connectivity index (χ3n) is 3.60. The Morgan fingerprint density at radius 3 is 2.33 bits per heavy atom. The summed E-state index contributed by atoms with van der Waals surface area (Å²) in [7, 11) is 0. The van der Waals surface area contributed by atoms with E-state index in [-0.39, 0.29) is 6.61 Å². The molecule has 0 radical (unpaired) electrons. The van der Waals surface area contributed by atoms with E-state index in [4.69, 9.17) is 18.9 Å². The van der Waals surface area contributed by atoms with Crippen molar-refractivity contribution in [2.45, 2.75) is 50.5 Å². The van der Waals surface area contributed by atoms with Crippen LogP contribution in [0.1, 0.15) is 27.0 Å². The summed E-state index contributed by atoms with van der Waals surface area (Å²) in [5.41, 5.74) is -0.439. The van der Waals surface area contributed by atoms with Gasteiger partial charge in [-0.25, -0.2) is 0 Å². The Labute approximate surface area is 159 Å². The number of aromatic nitrogens is 2. The van der Waals surface area contributed by atoms with E-state index in [2.05, 4.69) is 4.98 Å². The van der Waals surface area contributed by atoms with Crippen molar-refractivity contribution in [1.29, 1.82) is 0 Å². The van der Waals surface area contributed by atoms with Crippen LogP contribution in [0.3, 0.4) is 0 Å². The molecule has 0 amide bonds. The van der Waals surface area contributed by atoms with Crippen LogP contribution in [0.25, 0.3) is 0 Å². The second kappa shape index (κ2) is 9.00. The normalized spacial score (nSPS) is 24.3. The first-order chi connectivity index (χ1) is 12.7. The molecule has 1 aromatic rings. The van der Waals surface area contributed by atoms with Crippen molar-refractivity contribution in [3.63, 3.8) is 0 Å². The van der Waals surface area contributed by atoms with Gasteiger partial charge in [0.05, 0.1) is 0 Å². The van der Waals surface area contributed by atoms with Gasteiger partial charge in [0.1, 0.15) is 12.7 Å². The lowest BCUT2D eigenvalue weighted by molar-refractivity contribution is -0.166. The van der Waals surface area contributed by atoms with Crippen molar-refractivity contribution in [3.8, 4) is 0 Å². The summed E-state index contributed by atoms with van der Waals surface area (Å²) in [6.45, 7) is 3.44. The van der Waals surface area contributed by atoms with Crippen LogP contribution in [0.5, 0.6) is 0 Å². The van der Waals surface area contributed by atoms with Crippen molar-refractivity contribution < 1.29 is 33.3 Å². The molecule has 2 heterocycles. The van der Waals surface area contributed by atoms with Gasteiger partial charge >= 0.3 is 17.9 Å². The lowest BCUT2D eigenvalue weighted by atomic mass is 10.1. The quantitative estimate of drug-likeness (QED) is 0.285. The second-order valence-electron chi connectivity index (χ2n) is 5.68. The zero-order valence-electron chi connectivity index (χ0n) is 15.2. The van der Waals surface area contributed by atoms with E-state index >= 15 is 0 Å². The predicted molar refractivity (Wildman–Crippen MR) is 91.9 cm³/mol. The lowest BCUT2D eigenvalue weighted by Gasteiger charge is -2.25. The molecule has 1 fully saturated rings. The van der Waals surface area contributed by atoms with Gasteiger partial charge in [-0.1, -0.05) is 11.8 Å². The zero-order valence-corrected chi connectivity index (χ0v) is 16.1. The van der Waals surface area contributed by atoms with E-state index in [9.17, 15) is 19.2 Å². The van der Waals surface area contributed by atoms with E-state index in [0.29, 0.717) is 5.16 Å². The zero-order chi connectivity index (χ0) is 20.1. The number of rotatable bonds is 6. The van der Waals surface area contributed by atoms with E-state index in [1.807, 2.05) is 0 Å². The van der Waals surface area contributed by atoms with E-state index < -0.39 is 48.0 Å². The Morgan fingerprint density at radius 2 is 1.78 bits per heavy atom. The molecule has 27 heavy (non-hydrogen) atoms. The Balaban J connectivity index is 2.44. The third kappa shape index (κ3) is 5.30. The molecule has 148 valence electrons. The number of nitrogens with zero attached hydrogens (tertiary/aromatic N) is 2. The van der Waals surface area contributed by atoms with Gasteiger partial charge in [-0.3, -0.25) is 23.7 Å². The molecule has 2 rings (SSSR count). The molecule has 10 nitrogen and oxygen atoms in total. The van der Waals surface area contributed by atoms with Gasteiger partial charge in [0.15, 0.2) is 23.6 Å². The molecule has 0 aliphatic carbocycles. The van der Waals surface area contributed by atoms with Crippen molar-refractivity contribution >= 4 is 29.7 Å². The molecule has 0 saturated carbocycles. The number of ether oxygens (including phenoxy) is 4. The highest BCUT2D eigenvalue weighted by Crippen LogP contribution is 2.35. The van der Waals surface area contributed by atoms with Crippen LogP contribution in [0.2, 0.25) is 0 Å². The Hall–Kier alpha value is -2.40. The first-order valence-electron chi connectivity index (χ1n) is 7.99. The molecular formula is C16H20N2O8S. The summed E-state index contributed by atoms with van der Waals surface area (Å²) >= 11 is 1.19. The van der Waals surface area contributed by atoms with Crippen molar-refractivity contribution in [3.05, 3.63) is 22.6 Å². The summed E-state index contributed by atoms with van der Waals surface area (Å²) in [6.07, 6.45) is -0.683. The second-order valence-corrected chi connectivity index (χ2v) is 6.45. The number of hydrogen-bond acceptors (Lipinski definition) is 10. The van der Waals surface area contributed by atoms with Gasteiger partial charge < -0.3 is 18.9 Å². The summed E-state index contributed by atoms with van der Waals surface area (Å²) in [5.74, 6) is -1.77. The minimum atomic E-state index is -1.03. The molecular weight excluding hydrogens is 380 g/mol. The topological polar surface area (TPSA) is 123 Å². The number of carbonyl (C=O) groups excluding carboxylic acids is 3. The Bertz CT molecular complexity index is 780. The SMILES string of the molecule is CSc1nc(=O)ccn1[C@@H]1O[C@H](COC(C)=O)[C@@H](OC(C)=O)[C@H]1OC(C)=O. The van der Waals surface area contributed by atoms with E-state index in [0.717, 1.165) is 0 Å².